The third kappa shape index (κ3) is 3.71. The molecule has 0 saturated carbocycles. The lowest BCUT2D eigenvalue weighted by Crippen LogP contribution is -2.27. The minimum Gasteiger partial charge on any atom is -0.493 e. The molecule has 0 unspecified atom stereocenters. The molecule has 9 heteroatoms. The molecule has 34 heavy (non-hydrogen) atoms. The third-order valence-corrected chi connectivity index (χ3v) is 5.53. The van der Waals surface area contributed by atoms with Gasteiger partial charge in [-0.1, -0.05) is 30.3 Å². The highest BCUT2D eigenvalue weighted by atomic mass is 19.1. The van der Waals surface area contributed by atoms with E-state index in [4.69, 9.17) is 9.47 Å². The zero-order valence-electron chi connectivity index (χ0n) is 18.0. The Labute approximate surface area is 192 Å². The minimum absolute atomic E-state index is 0.181. The molecule has 1 aromatic heterocycles. The molecule has 5 rings (SSSR count). The largest absolute Gasteiger partial charge is 0.493 e. The van der Waals surface area contributed by atoms with Crippen molar-refractivity contribution in [1.82, 2.24) is 9.36 Å². The van der Waals surface area contributed by atoms with Crippen LogP contribution in [-0.4, -0.2) is 22.4 Å². The summed E-state index contributed by atoms with van der Waals surface area (Å²) in [7, 11) is 1.51. The van der Waals surface area contributed by atoms with Crippen molar-refractivity contribution in [3.8, 4) is 23.1 Å². The molecule has 0 spiro atoms. The van der Waals surface area contributed by atoms with E-state index in [2.05, 4.69) is 5.32 Å². The monoisotopic (exact) mass is 463 g/mol. The summed E-state index contributed by atoms with van der Waals surface area (Å²) >= 11 is 0. The van der Waals surface area contributed by atoms with Gasteiger partial charge in [0.05, 0.1) is 24.0 Å². The number of hydrogen-bond donors (Lipinski definition) is 1. The number of ether oxygens (including phenoxy) is 2. The summed E-state index contributed by atoms with van der Waals surface area (Å²) < 4.78 is 41.8. The molecular weight excluding hydrogens is 444 g/mol. The first-order valence-electron chi connectivity index (χ1n) is 10.4. The van der Waals surface area contributed by atoms with Gasteiger partial charge in [0.1, 0.15) is 18.2 Å². The fourth-order valence-corrected chi connectivity index (χ4v) is 3.99. The van der Waals surface area contributed by atoms with Gasteiger partial charge >= 0.3 is 0 Å². The lowest BCUT2D eigenvalue weighted by Gasteiger charge is -2.21. The lowest BCUT2D eigenvalue weighted by molar-refractivity contribution is -0.117. The molecule has 0 atom stereocenters. The zero-order chi connectivity index (χ0) is 23.8. The van der Waals surface area contributed by atoms with E-state index in [0.29, 0.717) is 22.7 Å². The Morgan fingerprint density at radius 3 is 2.65 bits per heavy atom. The molecule has 0 radical (unpaired) electrons. The normalized spacial score (nSPS) is 11.9. The zero-order valence-corrected chi connectivity index (χ0v) is 18.0. The van der Waals surface area contributed by atoms with Crippen molar-refractivity contribution in [3.05, 3.63) is 99.8 Å². The fourth-order valence-electron chi connectivity index (χ4n) is 3.99. The highest BCUT2D eigenvalue weighted by molar-refractivity contribution is 5.90. The Balaban J connectivity index is 1.59. The second kappa shape index (κ2) is 8.51. The number of halogens is 2. The van der Waals surface area contributed by atoms with E-state index >= 15 is 0 Å². The number of nitrogens with one attached hydrogen (secondary N) is 1. The fraction of sp³-hybridized carbons (Fsp3) is 0.120. The Bertz CT molecular complexity index is 1460. The van der Waals surface area contributed by atoms with E-state index in [0.717, 1.165) is 23.8 Å². The van der Waals surface area contributed by atoms with Crippen LogP contribution in [0.4, 0.5) is 14.5 Å². The highest BCUT2D eigenvalue weighted by Gasteiger charge is 2.30. The summed E-state index contributed by atoms with van der Waals surface area (Å²) in [5.74, 6) is -1.01. The van der Waals surface area contributed by atoms with Crippen molar-refractivity contribution in [2.24, 2.45) is 0 Å². The van der Waals surface area contributed by atoms with Crippen molar-refractivity contribution < 1.29 is 23.0 Å². The van der Waals surface area contributed by atoms with Gasteiger partial charge in [-0.25, -0.2) is 18.1 Å². The van der Waals surface area contributed by atoms with Crippen LogP contribution in [0.5, 0.6) is 17.4 Å². The molecule has 0 aliphatic carbocycles. The average molecular weight is 463 g/mol. The number of nitrogens with zero attached hydrogens (tertiary/aromatic N) is 2. The number of benzene rings is 3. The van der Waals surface area contributed by atoms with Crippen LogP contribution in [0.15, 0.2) is 71.5 Å². The smallest absolute Gasteiger partial charge is 0.278 e. The Kier molecular flexibility index (Phi) is 5.37. The molecule has 172 valence electrons. The van der Waals surface area contributed by atoms with Crippen LogP contribution in [0.2, 0.25) is 0 Å². The maximum atomic E-state index is 14.1. The quantitative estimate of drug-likeness (QED) is 0.423. The molecule has 7 nitrogen and oxygen atoms in total. The van der Waals surface area contributed by atoms with Crippen molar-refractivity contribution in [1.29, 1.82) is 0 Å². The van der Waals surface area contributed by atoms with Crippen LogP contribution in [0.1, 0.15) is 11.1 Å². The number of aromatic nitrogens is 2. The molecular formula is C25H19F2N3O4. The average Bonchev–Trinajstić information content (AvgIpc) is 3.10. The van der Waals surface area contributed by atoms with Gasteiger partial charge in [0.15, 0.2) is 11.5 Å². The number of anilines is 1. The van der Waals surface area contributed by atoms with E-state index in [1.165, 1.54) is 16.5 Å². The number of methoxy groups -OCH3 is 1. The molecule has 0 bridgehead atoms. The first kappa shape index (κ1) is 21.4. The standard InChI is InChI=1S/C25H19F2N3O4/c1-33-21-9-5-6-15-12-18-24(32)30(17-7-3-2-4-8-17)29(25(18)34-23(15)21)14-22(31)28-20-13-16(26)10-11-19(20)27/h2-11,13H,12,14H2,1H3,(H,28,31). The second-order valence-electron chi connectivity index (χ2n) is 7.69. The molecule has 4 aromatic rings. The third-order valence-electron chi connectivity index (χ3n) is 5.53. The number of rotatable bonds is 5. The van der Waals surface area contributed by atoms with E-state index in [1.807, 2.05) is 6.07 Å². The minimum atomic E-state index is -0.778. The molecule has 1 N–H and O–H groups in total. The van der Waals surface area contributed by atoms with Gasteiger partial charge in [-0.15, -0.1) is 0 Å². The van der Waals surface area contributed by atoms with Crippen LogP contribution in [-0.2, 0) is 17.8 Å². The van der Waals surface area contributed by atoms with Gasteiger partial charge < -0.3 is 14.8 Å². The number of fused-ring (bicyclic) bond motifs is 2. The summed E-state index contributed by atoms with van der Waals surface area (Å²) in [6, 6.07) is 16.9. The summed E-state index contributed by atoms with van der Waals surface area (Å²) in [6.45, 7) is -0.389. The van der Waals surface area contributed by atoms with Crippen molar-refractivity contribution in [2.45, 2.75) is 13.0 Å². The maximum absolute atomic E-state index is 14.1. The summed E-state index contributed by atoms with van der Waals surface area (Å²) in [5, 5.41) is 2.37. The van der Waals surface area contributed by atoms with E-state index in [-0.39, 0.29) is 30.1 Å². The van der Waals surface area contributed by atoms with Gasteiger partial charge in [0.2, 0.25) is 11.8 Å². The van der Waals surface area contributed by atoms with Crippen LogP contribution in [0, 0.1) is 11.6 Å². The number of hydrogen-bond acceptors (Lipinski definition) is 4. The molecule has 0 fully saturated rings. The molecule has 1 aliphatic rings. The summed E-state index contributed by atoms with van der Waals surface area (Å²) in [5.41, 5.74) is 1.01. The summed E-state index contributed by atoms with van der Waals surface area (Å²) in [4.78, 5) is 26.3. The van der Waals surface area contributed by atoms with E-state index in [1.54, 1.807) is 42.5 Å². The topological polar surface area (TPSA) is 74.5 Å². The van der Waals surface area contributed by atoms with Crippen LogP contribution in [0.25, 0.3) is 5.69 Å². The molecule has 2 heterocycles. The van der Waals surface area contributed by atoms with Gasteiger partial charge in [-0.2, -0.15) is 0 Å². The van der Waals surface area contributed by atoms with E-state index < -0.39 is 17.5 Å². The predicted molar refractivity (Wildman–Crippen MR) is 121 cm³/mol. The number of carbonyl (C=O) groups excluding carboxylic acids is 1. The van der Waals surface area contributed by atoms with Crippen molar-refractivity contribution in [2.75, 3.05) is 12.4 Å². The predicted octanol–water partition coefficient (Wildman–Crippen LogP) is 4.26. The molecule has 0 saturated heterocycles. The maximum Gasteiger partial charge on any atom is 0.278 e. The summed E-state index contributed by atoms with van der Waals surface area (Å²) in [6.07, 6.45) is 0.278. The van der Waals surface area contributed by atoms with Crippen LogP contribution >= 0.6 is 0 Å². The molecule has 1 aliphatic heterocycles. The Hall–Kier alpha value is -4.40. The van der Waals surface area contributed by atoms with Crippen LogP contribution < -0.4 is 20.3 Å². The van der Waals surface area contributed by atoms with Crippen LogP contribution in [0.3, 0.4) is 0 Å². The highest BCUT2D eigenvalue weighted by Crippen LogP contribution is 2.41. The van der Waals surface area contributed by atoms with E-state index in [9.17, 15) is 18.4 Å². The Morgan fingerprint density at radius 1 is 1.09 bits per heavy atom. The first-order chi connectivity index (χ1) is 16.5. The van der Waals surface area contributed by atoms with Gasteiger partial charge in [-0.3, -0.25) is 9.59 Å². The second-order valence-corrected chi connectivity index (χ2v) is 7.69. The number of carbonyl (C=O) groups is 1. The Morgan fingerprint density at radius 2 is 1.88 bits per heavy atom. The molecule has 1 amide bonds. The van der Waals surface area contributed by atoms with Crippen molar-refractivity contribution >= 4 is 11.6 Å². The van der Waals surface area contributed by atoms with Gasteiger partial charge in [0.25, 0.3) is 5.56 Å². The van der Waals surface area contributed by atoms with Gasteiger partial charge in [0, 0.05) is 18.1 Å². The SMILES string of the molecule is COc1cccc2c1Oc1c(c(=O)n(-c3ccccc3)n1CC(=O)Nc1cc(F)ccc1F)C2. The number of amides is 1. The van der Waals surface area contributed by atoms with Gasteiger partial charge in [-0.05, 0) is 30.3 Å². The first-order valence-corrected chi connectivity index (χ1v) is 10.4. The van der Waals surface area contributed by atoms with Crippen molar-refractivity contribution in [3.63, 3.8) is 0 Å². The number of para-hydroxylation sites is 2. The molecule has 3 aromatic carbocycles. The lowest BCUT2D eigenvalue weighted by atomic mass is 10.0.